The summed E-state index contributed by atoms with van der Waals surface area (Å²) < 4.78 is 50.0. The molecule has 17 heavy (non-hydrogen) atoms. The van der Waals surface area contributed by atoms with E-state index in [1.54, 1.807) is 0 Å². The summed E-state index contributed by atoms with van der Waals surface area (Å²) in [6.07, 6.45) is -6.59. The third-order valence-electron chi connectivity index (χ3n) is 2.17. The van der Waals surface area contributed by atoms with Crippen molar-refractivity contribution in [1.29, 1.82) is 0 Å². The Labute approximate surface area is 93.3 Å². The van der Waals surface area contributed by atoms with Crippen molar-refractivity contribution in [1.82, 2.24) is 0 Å². The van der Waals surface area contributed by atoms with Crippen LogP contribution in [0.3, 0.4) is 0 Å². The van der Waals surface area contributed by atoms with Crippen molar-refractivity contribution in [3.8, 4) is 0 Å². The molecule has 2 N–H and O–H groups in total. The molecule has 0 fully saturated rings. The predicted octanol–water partition coefficient (Wildman–Crippen LogP) is 1.75. The zero-order valence-corrected chi connectivity index (χ0v) is 8.33. The van der Waals surface area contributed by atoms with Crippen LogP contribution < -0.4 is 0 Å². The molecule has 1 aromatic rings. The van der Waals surface area contributed by atoms with Gasteiger partial charge in [-0.05, 0) is 17.7 Å². The Morgan fingerprint density at radius 2 is 1.88 bits per heavy atom. The van der Waals surface area contributed by atoms with Crippen LogP contribution in [0.5, 0.6) is 0 Å². The van der Waals surface area contributed by atoms with Crippen LogP contribution in [0, 0.1) is 5.82 Å². The minimum atomic E-state index is -5.34. The minimum absolute atomic E-state index is 0.257. The van der Waals surface area contributed by atoms with Crippen molar-refractivity contribution in [2.45, 2.75) is 18.2 Å². The van der Waals surface area contributed by atoms with Crippen LogP contribution in [0.4, 0.5) is 17.6 Å². The summed E-state index contributed by atoms with van der Waals surface area (Å²) in [4.78, 5) is 10.5. The largest absolute Gasteiger partial charge is 0.479 e. The van der Waals surface area contributed by atoms with E-state index in [2.05, 4.69) is 0 Å². The Balaban J connectivity index is 3.08. The topological polar surface area (TPSA) is 57.5 Å². The van der Waals surface area contributed by atoms with Gasteiger partial charge in [0.2, 0.25) is 0 Å². The summed E-state index contributed by atoms with van der Waals surface area (Å²) in [5, 5.41) is 17.6. The monoisotopic (exact) mass is 252 g/mol. The molecule has 0 bridgehead atoms. The van der Waals surface area contributed by atoms with Crippen LogP contribution in [0.25, 0.3) is 0 Å². The number of carboxylic acids is 1. The molecule has 0 saturated heterocycles. The maximum absolute atomic E-state index is 12.7. The van der Waals surface area contributed by atoms with Gasteiger partial charge in [-0.1, -0.05) is 12.1 Å². The first-order chi connectivity index (χ1) is 7.67. The fourth-order valence-electron chi connectivity index (χ4n) is 1.24. The molecule has 3 nitrogen and oxygen atoms in total. The van der Waals surface area contributed by atoms with Crippen LogP contribution in [0.1, 0.15) is 5.56 Å². The summed E-state index contributed by atoms with van der Waals surface area (Å²) in [5.41, 5.74) is -4.17. The molecule has 0 aliphatic rings. The van der Waals surface area contributed by atoms with Crippen molar-refractivity contribution < 1.29 is 32.6 Å². The normalized spacial score (nSPS) is 15.4. The fraction of sp³-hybridized carbons (Fsp3) is 0.300. The zero-order valence-electron chi connectivity index (χ0n) is 8.33. The molecule has 0 aromatic heterocycles. The van der Waals surface area contributed by atoms with E-state index in [1.807, 2.05) is 0 Å². The van der Waals surface area contributed by atoms with Gasteiger partial charge in [0.05, 0.1) is 0 Å². The zero-order chi connectivity index (χ0) is 13.3. The van der Waals surface area contributed by atoms with Gasteiger partial charge in [0, 0.05) is 6.42 Å². The van der Waals surface area contributed by atoms with Crippen LogP contribution >= 0.6 is 0 Å². The molecule has 7 heteroatoms. The van der Waals surface area contributed by atoms with E-state index in [9.17, 15) is 22.4 Å². The van der Waals surface area contributed by atoms with Gasteiger partial charge >= 0.3 is 12.1 Å². The smallest absolute Gasteiger partial charge is 0.428 e. The van der Waals surface area contributed by atoms with E-state index in [0.29, 0.717) is 0 Å². The molecule has 0 amide bonds. The average Bonchev–Trinajstić information content (AvgIpc) is 2.15. The standard InChI is InChI=1S/C10H8F4O3/c11-7-3-1-2-6(4-7)5-9(17,8(15)16)10(12,13)14/h1-4,17H,5H2,(H,15,16). The van der Waals surface area contributed by atoms with Crippen LogP contribution in [-0.4, -0.2) is 28.0 Å². The molecule has 0 aliphatic heterocycles. The predicted molar refractivity (Wildman–Crippen MR) is 48.7 cm³/mol. The summed E-state index contributed by atoms with van der Waals surface area (Å²) in [7, 11) is 0. The number of alkyl halides is 3. The summed E-state index contributed by atoms with van der Waals surface area (Å²) in [6.45, 7) is 0. The van der Waals surface area contributed by atoms with Crippen molar-refractivity contribution in [2.75, 3.05) is 0 Å². The Morgan fingerprint density at radius 1 is 1.29 bits per heavy atom. The van der Waals surface area contributed by atoms with Gasteiger partial charge in [-0.2, -0.15) is 13.2 Å². The van der Waals surface area contributed by atoms with Gasteiger partial charge in [0.25, 0.3) is 5.60 Å². The van der Waals surface area contributed by atoms with E-state index in [4.69, 9.17) is 10.2 Å². The molecular formula is C10H8F4O3. The number of hydrogen-bond donors (Lipinski definition) is 2. The van der Waals surface area contributed by atoms with Gasteiger partial charge in [0.15, 0.2) is 0 Å². The van der Waals surface area contributed by atoms with Gasteiger partial charge in [0.1, 0.15) is 5.82 Å². The molecule has 1 rings (SSSR count). The highest BCUT2D eigenvalue weighted by Crippen LogP contribution is 2.33. The molecule has 94 valence electrons. The lowest BCUT2D eigenvalue weighted by Crippen LogP contribution is -2.53. The fourth-order valence-corrected chi connectivity index (χ4v) is 1.24. The van der Waals surface area contributed by atoms with E-state index < -0.39 is 30.0 Å². The number of halogens is 4. The molecule has 1 unspecified atom stereocenters. The average molecular weight is 252 g/mol. The summed E-state index contributed by atoms with van der Waals surface area (Å²) in [6, 6.07) is 3.96. The summed E-state index contributed by atoms with van der Waals surface area (Å²) >= 11 is 0. The van der Waals surface area contributed by atoms with Gasteiger partial charge in [-0.15, -0.1) is 0 Å². The highest BCUT2D eigenvalue weighted by atomic mass is 19.4. The first-order valence-electron chi connectivity index (χ1n) is 4.44. The molecular weight excluding hydrogens is 244 g/mol. The van der Waals surface area contributed by atoms with E-state index in [0.717, 1.165) is 24.3 Å². The molecule has 0 heterocycles. The van der Waals surface area contributed by atoms with Crippen LogP contribution in [0.15, 0.2) is 24.3 Å². The van der Waals surface area contributed by atoms with Gasteiger partial charge < -0.3 is 10.2 Å². The van der Waals surface area contributed by atoms with Crippen molar-refractivity contribution in [3.05, 3.63) is 35.6 Å². The molecule has 0 radical (unpaired) electrons. The number of aliphatic carboxylic acids is 1. The lowest BCUT2D eigenvalue weighted by atomic mass is 9.94. The Bertz CT molecular complexity index is 430. The minimum Gasteiger partial charge on any atom is -0.479 e. The maximum atomic E-state index is 12.7. The van der Waals surface area contributed by atoms with E-state index >= 15 is 0 Å². The van der Waals surface area contributed by atoms with Crippen molar-refractivity contribution >= 4 is 5.97 Å². The third-order valence-corrected chi connectivity index (χ3v) is 2.17. The van der Waals surface area contributed by atoms with Crippen molar-refractivity contribution in [3.63, 3.8) is 0 Å². The van der Waals surface area contributed by atoms with E-state index in [1.165, 1.54) is 0 Å². The number of hydrogen-bond acceptors (Lipinski definition) is 2. The van der Waals surface area contributed by atoms with Crippen LogP contribution in [0.2, 0.25) is 0 Å². The molecule has 0 saturated carbocycles. The highest BCUT2D eigenvalue weighted by molar-refractivity contribution is 5.78. The number of carboxylic acid groups (broad SMARTS) is 1. The molecule has 1 atom stereocenters. The maximum Gasteiger partial charge on any atom is 0.428 e. The second kappa shape index (κ2) is 4.33. The first kappa shape index (κ1) is 13.4. The Morgan fingerprint density at radius 3 is 2.29 bits per heavy atom. The highest BCUT2D eigenvalue weighted by Gasteiger charge is 2.59. The Kier molecular flexibility index (Phi) is 3.42. The lowest BCUT2D eigenvalue weighted by Gasteiger charge is -2.26. The second-order valence-corrected chi connectivity index (χ2v) is 3.47. The number of rotatable bonds is 3. The molecule has 1 aromatic carbocycles. The number of carbonyl (C=O) groups is 1. The lowest BCUT2D eigenvalue weighted by molar-refractivity contribution is -0.259. The molecule has 0 spiro atoms. The quantitative estimate of drug-likeness (QED) is 0.806. The SMILES string of the molecule is O=C(O)C(O)(Cc1cccc(F)c1)C(F)(F)F. The first-order valence-corrected chi connectivity index (χ1v) is 4.44. The van der Waals surface area contributed by atoms with Crippen LogP contribution in [-0.2, 0) is 11.2 Å². The van der Waals surface area contributed by atoms with Gasteiger partial charge in [-0.25, -0.2) is 9.18 Å². The number of benzene rings is 1. The Hall–Kier alpha value is -1.63. The van der Waals surface area contributed by atoms with E-state index in [-0.39, 0.29) is 5.56 Å². The van der Waals surface area contributed by atoms with Crippen molar-refractivity contribution in [2.24, 2.45) is 0 Å². The third kappa shape index (κ3) is 2.73. The van der Waals surface area contributed by atoms with Gasteiger partial charge in [-0.3, -0.25) is 0 Å². The molecule has 0 aliphatic carbocycles. The summed E-state index contributed by atoms with van der Waals surface area (Å²) in [5.74, 6) is -3.23. The second-order valence-electron chi connectivity index (χ2n) is 3.47. The number of aliphatic hydroxyl groups is 1.